The number of hydrogen-bond acceptors (Lipinski definition) is 2. The number of benzene rings is 3. The smallest absolute Gasteiger partial charge is 0.251 e. The molecule has 0 aliphatic rings. The normalized spacial score (nSPS) is 11.5. The van der Waals surface area contributed by atoms with Gasteiger partial charge < -0.3 is 11.1 Å². The number of amides is 2. The molecule has 0 aliphatic carbocycles. The molecule has 3 rings (SSSR count). The monoisotopic (exact) mass is 344 g/mol. The molecule has 0 saturated carbocycles. The summed E-state index contributed by atoms with van der Waals surface area (Å²) in [5, 5.41) is 3.09. The molecule has 4 heteroatoms. The van der Waals surface area contributed by atoms with Crippen molar-refractivity contribution in [1.82, 2.24) is 5.32 Å². The maximum absolute atomic E-state index is 12.7. The largest absolute Gasteiger partial charge is 0.366 e. The van der Waals surface area contributed by atoms with Crippen molar-refractivity contribution in [3.8, 4) is 0 Å². The van der Waals surface area contributed by atoms with Gasteiger partial charge in [-0.2, -0.15) is 0 Å². The van der Waals surface area contributed by atoms with E-state index in [1.807, 2.05) is 60.7 Å². The van der Waals surface area contributed by atoms with E-state index >= 15 is 0 Å². The van der Waals surface area contributed by atoms with Crippen LogP contribution >= 0.6 is 0 Å². The van der Waals surface area contributed by atoms with E-state index in [1.165, 1.54) is 0 Å². The molecule has 3 aromatic rings. The molecule has 0 spiro atoms. The van der Waals surface area contributed by atoms with Crippen molar-refractivity contribution < 1.29 is 9.59 Å². The third-order valence-electron chi connectivity index (χ3n) is 4.22. The Hall–Kier alpha value is -3.40. The summed E-state index contributed by atoms with van der Waals surface area (Å²) in [6.45, 7) is 0. The van der Waals surface area contributed by atoms with Crippen LogP contribution in [0.4, 0.5) is 0 Å². The molecule has 0 radical (unpaired) electrons. The summed E-state index contributed by atoms with van der Waals surface area (Å²) >= 11 is 0. The first-order valence-corrected chi connectivity index (χ1v) is 8.43. The molecule has 0 saturated heterocycles. The summed E-state index contributed by atoms with van der Waals surface area (Å²) < 4.78 is 0. The molecule has 1 atom stereocenters. The van der Waals surface area contributed by atoms with Crippen LogP contribution in [0.3, 0.4) is 0 Å². The van der Waals surface area contributed by atoms with Crippen LogP contribution in [0.1, 0.15) is 37.9 Å². The molecule has 130 valence electrons. The summed E-state index contributed by atoms with van der Waals surface area (Å²) in [7, 11) is 0. The van der Waals surface area contributed by atoms with Gasteiger partial charge in [-0.1, -0.05) is 60.7 Å². The summed E-state index contributed by atoms with van der Waals surface area (Å²) in [6, 6.07) is 26.1. The van der Waals surface area contributed by atoms with Crippen LogP contribution in [0.25, 0.3) is 0 Å². The zero-order valence-electron chi connectivity index (χ0n) is 14.3. The van der Waals surface area contributed by atoms with Gasteiger partial charge in [-0.05, 0) is 41.8 Å². The van der Waals surface area contributed by atoms with E-state index in [4.69, 9.17) is 5.73 Å². The third kappa shape index (κ3) is 4.36. The van der Waals surface area contributed by atoms with Crippen molar-refractivity contribution in [2.24, 2.45) is 5.73 Å². The second-order valence-electron chi connectivity index (χ2n) is 6.07. The highest BCUT2D eigenvalue weighted by Crippen LogP contribution is 2.19. The first-order valence-electron chi connectivity index (χ1n) is 8.43. The quantitative estimate of drug-likeness (QED) is 0.718. The molecule has 1 unspecified atom stereocenters. The van der Waals surface area contributed by atoms with Gasteiger partial charge in [0.05, 0.1) is 6.04 Å². The first-order chi connectivity index (χ1) is 12.6. The Labute approximate surface area is 152 Å². The van der Waals surface area contributed by atoms with Gasteiger partial charge in [0.1, 0.15) is 0 Å². The Kier molecular flexibility index (Phi) is 5.44. The van der Waals surface area contributed by atoms with E-state index in [0.717, 1.165) is 11.1 Å². The number of primary amides is 1. The lowest BCUT2D eigenvalue weighted by Gasteiger charge is -2.20. The van der Waals surface area contributed by atoms with Crippen LogP contribution in [0.2, 0.25) is 0 Å². The fraction of sp³-hybridized carbons (Fsp3) is 0.0909. The van der Waals surface area contributed by atoms with E-state index in [9.17, 15) is 9.59 Å². The molecule has 0 fully saturated rings. The average molecular weight is 344 g/mol. The van der Waals surface area contributed by atoms with Gasteiger partial charge in [0.15, 0.2) is 0 Å². The maximum atomic E-state index is 12.7. The molecule has 0 aliphatic heterocycles. The van der Waals surface area contributed by atoms with Gasteiger partial charge in [-0.15, -0.1) is 0 Å². The minimum Gasteiger partial charge on any atom is -0.366 e. The minimum atomic E-state index is -0.511. The number of nitrogens with one attached hydrogen (secondary N) is 1. The van der Waals surface area contributed by atoms with E-state index in [0.29, 0.717) is 17.5 Å². The molecule has 0 bridgehead atoms. The van der Waals surface area contributed by atoms with Crippen molar-refractivity contribution in [3.63, 3.8) is 0 Å². The minimum absolute atomic E-state index is 0.151. The Morgan fingerprint density at radius 2 is 1.31 bits per heavy atom. The van der Waals surface area contributed by atoms with E-state index < -0.39 is 5.91 Å². The van der Waals surface area contributed by atoms with Gasteiger partial charge >= 0.3 is 0 Å². The summed E-state index contributed by atoms with van der Waals surface area (Å²) in [5.74, 6) is -0.700. The molecule has 0 aromatic heterocycles. The van der Waals surface area contributed by atoms with Crippen LogP contribution in [0, 0.1) is 0 Å². The number of rotatable bonds is 6. The molecule has 4 nitrogen and oxygen atoms in total. The molecular formula is C22H20N2O2. The lowest BCUT2D eigenvalue weighted by Crippen LogP contribution is -2.30. The topological polar surface area (TPSA) is 72.2 Å². The maximum Gasteiger partial charge on any atom is 0.251 e. The fourth-order valence-electron chi connectivity index (χ4n) is 2.81. The average Bonchev–Trinajstić information content (AvgIpc) is 2.69. The zero-order chi connectivity index (χ0) is 18.4. The van der Waals surface area contributed by atoms with Crippen molar-refractivity contribution in [2.75, 3.05) is 0 Å². The highest BCUT2D eigenvalue weighted by atomic mass is 16.2. The Bertz CT molecular complexity index is 875. The highest BCUT2D eigenvalue weighted by Gasteiger charge is 2.16. The van der Waals surface area contributed by atoms with Crippen LogP contribution in [-0.2, 0) is 6.42 Å². The van der Waals surface area contributed by atoms with Crippen molar-refractivity contribution in [1.29, 1.82) is 0 Å². The van der Waals surface area contributed by atoms with Crippen molar-refractivity contribution in [2.45, 2.75) is 12.5 Å². The second-order valence-corrected chi connectivity index (χ2v) is 6.07. The third-order valence-corrected chi connectivity index (χ3v) is 4.22. The number of hydrogen-bond donors (Lipinski definition) is 2. The molecule has 3 aromatic carbocycles. The first kappa shape index (κ1) is 17.4. The van der Waals surface area contributed by atoms with E-state index in [-0.39, 0.29) is 11.9 Å². The fourth-order valence-corrected chi connectivity index (χ4v) is 2.81. The van der Waals surface area contributed by atoms with Crippen molar-refractivity contribution in [3.05, 3.63) is 107 Å². The van der Waals surface area contributed by atoms with E-state index in [2.05, 4.69) is 5.32 Å². The Balaban J connectivity index is 1.80. The SMILES string of the molecule is NC(=O)c1ccc(C(=O)NC(Cc2ccccc2)c2ccccc2)cc1. The number of carbonyl (C=O) groups excluding carboxylic acids is 2. The lowest BCUT2D eigenvalue weighted by molar-refractivity contribution is 0.0934. The Morgan fingerprint density at radius 3 is 1.88 bits per heavy atom. The molecule has 3 N–H and O–H groups in total. The van der Waals surface area contributed by atoms with Gasteiger partial charge in [0.2, 0.25) is 5.91 Å². The van der Waals surface area contributed by atoms with Gasteiger partial charge in [0, 0.05) is 11.1 Å². The molecule has 2 amide bonds. The summed E-state index contributed by atoms with van der Waals surface area (Å²) in [6.07, 6.45) is 0.690. The van der Waals surface area contributed by atoms with Crippen LogP contribution in [0.5, 0.6) is 0 Å². The summed E-state index contributed by atoms with van der Waals surface area (Å²) in [5.41, 5.74) is 8.30. The highest BCUT2D eigenvalue weighted by molar-refractivity contribution is 5.97. The number of nitrogens with two attached hydrogens (primary N) is 1. The Morgan fingerprint density at radius 1 is 0.769 bits per heavy atom. The van der Waals surface area contributed by atoms with Gasteiger partial charge in [0.25, 0.3) is 5.91 Å². The molecular weight excluding hydrogens is 324 g/mol. The van der Waals surface area contributed by atoms with Crippen LogP contribution in [-0.4, -0.2) is 11.8 Å². The predicted octanol–water partition coefficient (Wildman–Crippen LogP) is 3.50. The van der Waals surface area contributed by atoms with Gasteiger partial charge in [-0.25, -0.2) is 0 Å². The zero-order valence-corrected chi connectivity index (χ0v) is 14.3. The van der Waals surface area contributed by atoms with E-state index in [1.54, 1.807) is 24.3 Å². The predicted molar refractivity (Wildman–Crippen MR) is 102 cm³/mol. The molecule has 26 heavy (non-hydrogen) atoms. The second kappa shape index (κ2) is 8.12. The van der Waals surface area contributed by atoms with Gasteiger partial charge in [-0.3, -0.25) is 9.59 Å². The lowest BCUT2D eigenvalue weighted by atomic mass is 9.98. The standard InChI is InChI=1S/C22H20N2O2/c23-21(25)18-11-13-19(14-12-18)22(26)24-20(17-9-5-2-6-10-17)15-16-7-3-1-4-8-16/h1-14,20H,15H2,(H2,23,25)(H,24,26). The molecule has 0 heterocycles. The van der Waals surface area contributed by atoms with Crippen LogP contribution < -0.4 is 11.1 Å². The number of carbonyl (C=O) groups is 2. The van der Waals surface area contributed by atoms with Crippen molar-refractivity contribution >= 4 is 11.8 Å². The summed E-state index contributed by atoms with van der Waals surface area (Å²) in [4.78, 5) is 23.8. The van der Waals surface area contributed by atoms with Crippen LogP contribution in [0.15, 0.2) is 84.9 Å².